The Morgan fingerprint density at radius 2 is 2.14 bits per heavy atom. The molecule has 1 aliphatic heterocycles. The maximum Gasteiger partial charge on any atom is 0.0813 e. The van der Waals surface area contributed by atoms with Crippen LogP contribution in [0.25, 0.3) is 0 Å². The van der Waals surface area contributed by atoms with E-state index < -0.39 is 0 Å². The molecule has 0 unspecified atom stereocenters. The van der Waals surface area contributed by atoms with Gasteiger partial charge in [-0.3, -0.25) is 0 Å². The van der Waals surface area contributed by atoms with E-state index in [0.717, 1.165) is 26.1 Å². The first-order chi connectivity index (χ1) is 6.83. The lowest BCUT2D eigenvalue weighted by molar-refractivity contribution is -0.00290. The van der Waals surface area contributed by atoms with E-state index in [1.54, 1.807) is 0 Å². The number of unbranched alkanes of at least 4 members (excludes halogenated alkanes) is 3. The molecule has 1 saturated heterocycles. The standard InChI is InChI=1S/C12H23O2/c1-3-4-5-6-9-13-10-12-8-7-11(2)14-12/h11-12H,2-10H2,1H3/t11-,12+/m0/s1. The predicted molar refractivity (Wildman–Crippen MR) is 58.2 cm³/mol. The Bertz CT molecular complexity index is 136. The molecule has 0 spiro atoms. The normalized spacial score (nSPS) is 27.0. The number of hydrogen-bond acceptors (Lipinski definition) is 2. The van der Waals surface area contributed by atoms with Crippen molar-refractivity contribution in [1.29, 1.82) is 0 Å². The first-order valence-corrected chi connectivity index (χ1v) is 5.89. The molecular formula is C12H23O2. The van der Waals surface area contributed by atoms with Crippen molar-refractivity contribution in [3.8, 4) is 0 Å². The Balaban J connectivity index is 1.84. The van der Waals surface area contributed by atoms with Gasteiger partial charge >= 0.3 is 0 Å². The molecule has 0 N–H and O–H groups in total. The molecule has 2 atom stereocenters. The summed E-state index contributed by atoms with van der Waals surface area (Å²) in [4.78, 5) is 0. The minimum Gasteiger partial charge on any atom is -0.379 e. The second kappa shape index (κ2) is 7.24. The molecule has 0 aromatic rings. The molecule has 1 rings (SSSR count). The molecule has 2 nitrogen and oxygen atoms in total. The Morgan fingerprint density at radius 1 is 1.29 bits per heavy atom. The zero-order valence-electron chi connectivity index (χ0n) is 9.34. The van der Waals surface area contributed by atoms with Crippen LogP contribution in [0.3, 0.4) is 0 Å². The highest BCUT2D eigenvalue weighted by atomic mass is 16.5. The zero-order chi connectivity index (χ0) is 10.2. The molecule has 14 heavy (non-hydrogen) atoms. The molecule has 2 heteroatoms. The molecule has 1 fully saturated rings. The Hall–Kier alpha value is -0.0800. The third kappa shape index (κ3) is 4.97. The topological polar surface area (TPSA) is 18.5 Å². The third-order valence-electron chi connectivity index (χ3n) is 2.64. The van der Waals surface area contributed by atoms with Crippen LogP contribution < -0.4 is 0 Å². The second-order valence-corrected chi connectivity index (χ2v) is 4.09. The van der Waals surface area contributed by atoms with Gasteiger partial charge in [-0.25, -0.2) is 0 Å². The summed E-state index contributed by atoms with van der Waals surface area (Å²) in [5.41, 5.74) is 0. The Labute approximate surface area is 88.0 Å². The Morgan fingerprint density at radius 3 is 2.79 bits per heavy atom. The van der Waals surface area contributed by atoms with Gasteiger partial charge in [0.1, 0.15) is 0 Å². The number of ether oxygens (including phenoxy) is 2. The van der Waals surface area contributed by atoms with Gasteiger partial charge in [0, 0.05) is 6.61 Å². The average molecular weight is 199 g/mol. The van der Waals surface area contributed by atoms with Gasteiger partial charge in [-0.1, -0.05) is 26.2 Å². The molecule has 0 amide bonds. The highest BCUT2D eigenvalue weighted by molar-refractivity contribution is 4.74. The van der Waals surface area contributed by atoms with E-state index in [1.165, 1.54) is 25.7 Å². The van der Waals surface area contributed by atoms with Crippen molar-refractivity contribution in [1.82, 2.24) is 0 Å². The zero-order valence-corrected chi connectivity index (χ0v) is 9.34. The summed E-state index contributed by atoms with van der Waals surface area (Å²) < 4.78 is 11.1. The fraction of sp³-hybridized carbons (Fsp3) is 0.917. The average Bonchev–Trinajstić information content (AvgIpc) is 2.58. The minimum atomic E-state index is 0.198. The molecule has 0 aliphatic carbocycles. The summed E-state index contributed by atoms with van der Waals surface area (Å²) in [7, 11) is 0. The number of hydrogen-bond donors (Lipinski definition) is 0. The third-order valence-corrected chi connectivity index (χ3v) is 2.64. The predicted octanol–water partition coefficient (Wildman–Crippen LogP) is 2.96. The van der Waals surface area contributed by atoms with Gasteiger partial charge in [-0.2, -0.15) is 0 Å². The highest BCUT2D eigenvalue weighted by Crippen LogP contribution is 2.18. The van der Waals surface area contributed by atoms with Crippen molar-refractivity contribution in [2.24, 2.45) is 0 Å². The Kier molecular flexibility index (Phi) is 6.20. The molecule has 0 saturated carbocycles. The van der Waals surface area contributed by atoms with Crippen LogP contribution in [0.2, 0.25) is 0 Å². The van der Waals surface area contributed by atoms with Crippen molar-refractivity contribution in [3.05, 3.63) is 6.92 Å². The maximum atomic E-state index is 5.56. The lowest BCUT2D eigenvalue weighted by Gasteiger charge is -2.11. The molecule has 1 heterocycles. The van der Waals surface area contributed by atoms with Crippen LogP contribution in [0.5, 0.6) is 0 Å². The van der Waals surface area contributed by atoms with Gasteiger partial charge < -0.3 is 9.47 Å². The summed E-state index contributed by atoms with van der Waals surface area (Å²) in [6.07, 6.45) is 7.80. The van der Waals surface area contributed by atoms with Crippen LogP contribution in [0.1, 0.15) is 45.4 Å². The van der Waals surface area contributed by atoms with Crippen LogP contribution in [-0.4, -0.2) is 25.4 Å². The molecule has 0 aromatic carbocycles. The fourth-order valence-electron chi connectivity index (χ4n) is 1.75. The first-order valence-electron chi connectivity index (χ1n) is 5.89. The van der Waals surface area contributed by atoms with Crippen molar-refractivity contribution in [2.75, 3.05) is 13.2 Å². The lowest BCUT2D eigenvalue weighted by atomic mass is 10.2. The van der Waals surface area contributed by atoms with Gasteiger partial charge in [-0.15, -0.1) is 0 Å². The monoisotopic (exact) mass is 199 g/mol. The highest BCUT2D eigenvalue weighted by Gasteiger charge is 2.21. The van der Waals surface area contributed by atoms with E-state index in [-0.39, 0.29) is 6.10 Å². The maximum absolute atomic E-state index is 5.56. The summed E-state index contributed by atoms with van der Waals surface area (Å²) in [6.45, 7) is 7.76. The smallest absolute Gasteiger partial charge is 0.0813 e. The van der Waals surface area contributed by atoms with Crippen LogP contribution in [0, 0.1) is 6.92 Å². The van der Waals surface area contributed by atoms with E-state index in [1.807, 2.05) is 0 Å². The molecule has 83 valence electrons. The molecule has 0 bridgehead atoms. The van der Waals surface area contributed by atoms with E-state index in [4.69, 9.17) is 9.47 Å². The van der Waals surface area contributed by atoms with Gasteiger partial charge in [0.15, 0.2) is 0 Å². The van der Waals surface area contributed by atoms with Crippen LogP contribution >= 0.6 is 0 Å². The summed E-state index contributed by atoms with van der Waals surface area (Å²) >= 11 is 0. The van der Waals surface area contributed by atoms with Crippen molar-refractivity contribution < 1.29 is 9.47 Å². The second-order valence-electron chi connectivity index (χ2n) is 4.09. The van der Waals surface area contributed by atoms with Crippen LogP contribution in [-0.2, 0) is 9.47 Å². The van der Waals surface area contributed by atoms with Gasteiger partial charge in [0.05, 0.1) is 18.8 Å². The molecular weight excluding hydrogens is 176 g/mol. The molecule has 0 aromatic heterocycles. The summed E-state index contributed by atoms with van der Waals surface area (Å²) in [5, 5.41) is 0. The van der Waals surface area contributed by atoms with Gasteiger partial charge in [-0.05, 0) is 26.2 Å². The largest absolute Gasteiger partial charge is 0.379 e. The van der Waals surface area contributed by atoms with Crippen LogP contribution in [0.4, 0.5) is 0 Å². The fourth-order valence-corrected chi connectivity index (χ4v) is 1.75. The van der Waals surface area contributed by atoms with Crippen molar-refractivity contribution in [3.63, 3.8) is 0 Å². The number of rotatable bonds is 7. The molecule has 1 aliphatic rings. The van der Waals surface area contributed by atoms with Gasteiger partial charge in [0.2, 0.25) is 0 Å². The lowest BCUT2D eigenvalue weighted by Crippen LogP contribution is -2.16. The first kappa shape index (κ1) is 12.0. The van der Waals surface area contributed by atoms with E-state index in [9.17, 15) is 0 Å². The van der Waals surface area contributed by atoms with E-state index in [2.05, 4.69) is 13.8 Å². The van der Waals surface area contributed by atoms with E-state index >= 15 is 0 Å². The minimum absolute atomic E-state index is 0.198. The van der Waals surface area contributed by atoms with Crippen molar-refractivity contribution >= 4 is 0 Å². The quantitative estimate of drug-likeness (QED) is 0.587. The molecule has 1 radical (unpaired) electrons. The summed E-state index contributed by atoms with van der Waals surface area (Å²) in [6, 6.07) is 0. The van der Waals surface area contributed by atoms with Gasteiger partial charge in [0.25, 0.3) is 0 Å². The SMILES string of the molecule is [CH2][C@H]1CC[C@H](COCCCCCC)O1. The van der Waals surface area contributed by atoms with Crippen molar-refractivity contribution in [2.45, 2.75) is 57.7 Å². The summed E-state index contributed by atoms with van der Waals surface area (Å²) in [5.74, 6) is 0. The van der Waals surface area contributed by atoms with Crippen LogP contribution in [0.15, 0.2) is 0 Å². The van der Waals surface area contributed by atoms with E-state index in [0.29, 0.717) is 6.10 Å².